The number of carbonyl (C=O) groups is 1. The van der Waals surface area contributed by atoms with E-state index in [9.17, 15) is 13.6 Å². The maximum atomic E-state index is 14.2. The van der Waals surface area contributed by atoms with Crippen LogP contribution >= 0.6 is 22.6 Å². The van der Waals surface area contributed by atoms with E-state index in [0.29, 0.717) is 22.5 Å². The summed E-state index contributed by atoms with van der Waals surface area (Å²) in [5.74, 6) is -1.15. The van der Waals surface area contributed by atoms with Gasteiger partial charge in [0.25, 0.3) is 0 Å². The number of allylic oxidation sites excluding steroid dienone is 2. The molecule has 2 aromatic carbocycles. The lowest BCUT2D eigenvalue weighted by molar-refractivity contribution is -0.119. The van der Waals surface area contributed by atoms with Crippen molar-refractivity contribution in [3.05, 3.63) is 70.0 Å². The van der Waals surface area contributed by atoms with Gasteiger partial charge in [0, 0.05) is 22.4 Å². The minimum Gasteiger partial charge on any atom is -0.358 e. The van der Waals surface area contributed by atoms with Crippen molar-refractivity contribution in [3.63, 3.8) is 0 Å². The molecule has 0 spiro atoms. The molecule has 0 aliphatic carbocycles. The number of fused-ring (bicyclic) bond motifs is 1. The second kappa shape index (κ2) is 7.45. The predicted octanol–water partition coefficient (Wildman–Crippen LogP) is 4.41. The summed E-state index contributed by atoms with van der Waals surface area (Å²) in [6.45, 7) is 4.02. The number of anilines is 3. The molecular weight excluding hydrogens is 451 g/mol. The number of nitrogens with zero attached hydrogens (tertiary/aromatic N) is 1. The smallest absolute Gasteiger partial charge is 0.239 e. The van der Waals surface area contributed by atoms with Crippen molar-refractivity contribution in [2.24, 2.45) is 0 Å². The minimum atomic E-state index is -0.498. The topological polar surface area (TPSA) is 44.4 Å². The van der Waals surface area contributed by atoms with Crippen LogP contribution in [0.2, 0.25) is 0 Å². The number of nitrogens with one attached hydrogen (secondary N) is 2. The highest BCUT2D eigenvalue weighted by Crippen LogP contribution is 2.39. The first-order chi connectivity index (χ1) is 12.4. The lowest BCUT2D eigenvalue weighted by Gasteiger charge is -2.29. The quantitative estimate of drug-likeness (QED) is 0.656. The van der Waals surface area contributed by atoms with E-state index in [1.807, 2.05) is 22.6 Å². The van der Waals surface area contributed by atoms with E-state index < -0.39 is 11.6 Å². The van der Waals surface area contributed by atoms with Gasteiger partial charge in [0.2, 0.25) is 5.91 Å². The maximum Gasteiger partial charge on any atom is 0.239 e. The van der Waals surface area contributed by atoms with Crippen LogP contribution in [0, 0.1) is 15.2 Å². The summed E-state index contributed by atoms with van der Waals surface area (Å²) in [6.07, 6.45) is 3.41. The van der Waals surface area contributed by atoms with Crippen LogP contribution in [0.3, 0.4) is 0 Å². The van der Waals surface area contributed by atoms with Crippen molar-refractivity contribution in [1.29, 1.82) is 0 Å². The first-order valence-electron chi connectivity index (χ1n) is 7.79. The highest BCUT2D eigenvalue weighted by Gasteiger charge is 2.22. The van der Waals surface area contributed by atoms with Crippen LogP contribution in [-0.2, 0) is 4.79 Å². The molecule has 2 N–H and O–H groups in total. The van der Waals surface area contributed by atoms with E-state index >= 15 is 0 Å². The Balaban J connectivity index is 2.05. The molecule has 0 aromatic heterocycles. The van der Waals surface area contributed by atoms with E-state index in [4.69, 9.17) is 0 Å². The van der Waals surface area contributed by atoms with Crippen LogP contribution in [0.15, 0.2) is 49.2 Å². The van der Waals surface area contributed by atoms with Gasteiger partial charge < -0.3 is 15.5 Å². The van der Waals surface area contributed by atoms with Crippen LogP contribution in [0.25, 0.3) is 5.57 Å². The Kier molecular flexibility index (Phi) is 5.26. The zero-order chi connectivity index (χ0) is 18.8. The molecule has 0 fully saturated rings. The number of benzene rings is 2. The van der Waals surface area contributed by atoms with Gasteiger partial charge in [0.1, 0.15) is 18.2 Å². The Morgan fingerprint density at radius 1 is 1.23 bits per heavy atom. The van der Waals surface area contributed by atoms with Gasteiger partial charge in [-0.2, -0.15) is 0 Å². The molecule has 0 bridgehead atoms. The highest BCUT2D eigenvalue weighted by molar-refractivity contribution is 14.1. The molecule has 1 aliphatic rings. The lowest BCUT2D eigenvalue weighted by Crippen LogP contribution is -2.33. The van der Waals surface area contributed by atoms with E-state index in [1.165, 1.54) is 25.2 Å². The van der Waals surface area contributed by atoms with Gasteiger partial charge in [-0.25, -0.2) is 8.78 Å². The third kappa shape index (κ3) is 3.72. The molecule has 3 rings (SSSR count). The van der Waals surface area contributed by atoms with E-state index in [0.717, 1.165) is 3.57 Å². The molecule has 0 radical (unpaired) electrons. The summed E-state index contributed by atoms with van der Waals surface area (Å²) in [7, 11) is 1.54. The van der Waals surface area contributed by atoms with Crippen LogP contribution in [-0.4, -0.2) is 19.5 Å². The second-order valence-electron chi connectivity index (χ2n) is 5.74. The standard InChI is InChI=1S/C19H16F2IN3O/c1-11-5-6-25(10-18(26)23-2)17-8-12(20)7-16(19(11)17)24-15-4-3-13(22)9-14(15)21/h3-9,24H,1,10H2,2H3,(H,23,26). The fourth-order valence-corrected chi connectivity index (χ4v) is 3.16. The Morgan fingerprint density at radius 3 is 2.69 bits per heavy atom. The van der Waals surface area contributed by atoms with E-state index in [2.05, 4.69) is 17.2 Å². The largest absolute Gasteiger partial charge is 0.358 e. The summed E-state index contributed by atoms with van der Waals surface area (Å²) in [4.78, 5) is 13.4. The Bertz CT molecular complexity index is 927. The summed E-state index contributed by atoms with van der Waals surface area (Å²) < 4.78 is 29.2. The molecule has 1 amide bonds. The lowest BCUT2D eigenvalue weighted by atomic mass is 9.98. The van der Waals surface area contributed by atoms with Gasteiger partial charge in [-0.1, -0.05) is 6.58 Å². The average Bonchev–Trinajstić information content (AvgIpc) is 2.59. The zero-order valence-electron chi connectivity index (χ0n) is 13.9. The van der Waals surface area contributed by atoms with Crippen LogP contribution in [0.4, 0.5) is 25.8 Å². The molecule has 4 nitrogen and oxygen atoms in total. The first-order valence-corrected chi connectivity index (χ1v) is 8.87. The SMILES string of the molecule is C=C1C=CN(CC(=O)NC)c2cc(F)cc(Nc3ccc(I)cc3F)c21. The first kappa shape index (κ1) is 18.4. The average molecular weight is 467 g/mol. The number of amides is 1. The number of halogens is 3. The molecule has 2 aromatic rings. The molecule has 1 aliphatic heterocycles. The summed E-state index contributed by atoms with van der Waals surface area (Å²) in [5, 5.41) is 5.49. The van der Waals surface area contributed by atoms with Gasteiger partial charge in [0.15, 0.2) is 0 Å². The number of hydrogen-bond acceptors (Lipinski definition) is 3. The number of hydrogen-bond donors (Lipinski definition) is 2. The molecule has 134 valence electrons. The maximum absolute atomic E-state index is 14.2. The number of carbonyl (C=O) groups excluding carboxylic acids is 1. The Hall–Kier alpha value is -2.42. The monoisotopic (exact) mass is 467 g/mol. The molecular formula is C19H16F2IN3O. The molecule has 7 heteroatoms. The molecule has 26 heavy (non-hydrogen) atoms. The van der Waals surface area contributed by atoms with Gasteiger partial charge in [-0.15, -0.1) is 0 Å². The Labute approximate surface area is 163 Å². The molecule has 0 unspecified atom stereocenters. The second-order valence-corrected chi connectivity index (χ2v) is 6.98. The number of rotatable bonds is 4. The fraction of sp³-hybridized carbons (Fsp3) is 0.105. The van der Waals surface area contributed by atoms with Gasteiger partial charge in [0.05, 0.1) is 17.1 Å². The van der Waals surface area contributed by atoms with Crippen molar-refractivity contribution in [3.8, 4) is 0 Å². The Morgan fingerprint density at radius 2 is 2.00 bits per heavy atom. The van der Waals surface area contributed by atoms with Crippen LogP contribution in [0.5, 0.6) is 0 Å². The van der Waals surface area contributed by atoms with Crippen molar-refractivity contribution < 1.29 is 13.6 Å². The third-order valence-electron chi connectivity index (χ3n) is 3.96. The highest BCUT2D eigenvalue weighted by atomic mass is 127. The zero-order valence-corrected chi connectivity index (χ0v) is 16.1. The van der Waals surface area contributed by atoms with Gasteiger partial charge >= 0.3 is 0 Å². The van der Waals surface area contributed by atoms with Crippen molar-refractivity contribution in [1.82, 2.24) is 5.32 Å². The normalized spacial score (nSPS) is 12.8. The minimum absolute atomic E-state index is 0.0358. The van der Waals surface area contributed by atoms with Crippen molar-refractivity contribution in [2.75, 3.05) is 23.8 Å². The molecule has 1 heterocycles. The van der Waals surface area contributed by atoms with Crippen molar-refractivity contribution in [2.45, 2.75) is 0 Å². The van der Waals surface area contributed by atoms with Crippen molar-refractivity contribution >= 4 is 51.1 Å². The predicted molar refractivity (Wildman–Crippen MR) is 108 cm³/mol. The summed E-state index contributed by atoms with van der Waals surface area (Å²) in [5.41, 5.74) is 2.38. The molecule has 0 saturated carbocycles. The van der Waals surface area contributed by atoms with Crippen LogP contribution < -0.4 is 15.5 Å². The molecule has 0 atom stereocenters. The van der Waals surface area contributed by atoms with E-state index in [-0.39, 0.29) is 18.1 Å². The van der Waals surface area contributed by atoms with Gasteiger partial charge in [-0.3, -0.25) is 4.79 Å². The summed E-state index contributed by atoms with van der Waals surface area (Å²) in [6, 6.07) is 7.37. The van der Waals surface area contributed by atoms with Gasteiger partial charge in [-0.05, 0) is 64.6 Å². The fourth-order valence-electron chi connectivity index (χ4n) is 2.71. The number of likely N-dealkylation sites (N-methyl/N-ethyl adjacent to an activating group) is 1. The molecule has 0 saturated heterocycles. The van der Waals surface area contributed by atoms with E-state index in [1.54, 1.807) is 29.3 Å². The van der Waals surface area contributed by atoms with Crippen LogP contribution in [0.1, 0.15) is 5.56 Å². The third-order valence-corrected chi connectivity index (χ3v) is 4.63. The summed E-state index contributed by atoms with van der Waals surface area (Å²) >= 11 is 2.02.